The van der Waals surface area contributed by atoms with E-state index in [1.54, 1.807) is 0 Å². The number of anilines is 2. The van der Waals surface area contributed by atoms with Crippen LogP contribution in [0.5, 0.6) is 0 Å². The second-order valence-corrected chi connectivity index (χ2v) is 10.3. The molecular weight excluding hydrogens is 388 g/mol. The molecular formula is C30H44N2. The van der Waals surface area contributed by atoms with E-state index in [9.17, 15) is 0 Å². The van der Waals surface area contributed by atoms with Crippen LogP contribution < -0.4 is 9.80 Å². The molecule has 0 saturated carbocycles. The van der Waals surface area contributed by atoms with Crippen molar-refractivity contribution in [2.75, 3.05) is 9.80 Å². The Morgan fingerprint density at radius 1 is 0.625 bits per heavy atom. The van der Waals surface area contributed by atoms with Gasteiger partial charge in [0.05, 0.1) is 0 Å². The summed E-state index contributed by atoms with van der Waals surface area (Å²) < 4.78 is 0. The minimum Gasteiger partial charge on any atom is -0.321 e. The van der Waals surface area contributed by atoms with Crippen molar-refractivity contribution in [1.82, 2.24) is 0 Å². The Bertz CT molecular complexity index is 888. The number of hydrogen-bond donors (Lipinski definition) is 0. The molecule has 3 rings (SSSR count). The molecule has 2 aromatic rings. The first-order valence-electron chi connectivity index (χ1n) is 12.6. The van der Waals surface area contributed by atoms with Gasteiger partial charge in [0.1, 0.15) is 6.17 Å². The Morgan fingerprint density at radius 3 is 1.19 bits per heavy atom. The topological polar surface area (TPSA) is 6.48 Å². The molecule has 0 bridgehead atoms. The third-order valence-electron chi connectivity index (χ3n) is 6.77. The molecule has 0 aliphatic carbocycles. The lowest BCUT2D eigenvalue weighted by Gasteiger charge is -2.40. The molecule has 2 aromatic carbocycles. The Morgan fingerprint density at radius 2 is 0.938 bits per heavy atom. The van der Waals surface area contributed by atoms with Gasteiger partial charge in [0.25, 0.3) is 0 Å². The normalized spacial score (nSPS) is 15.0. The van der Waals surface area contributed by atoms with Crippen LogP contribution in [0.2, 0.25) is 0 Å². The van der Waals surface area contributed by atoms with Gasteiger partial charge in [-0.05, 0) is 82.6 Å². The van der Waals surface area contributed by atoms with Gasteiger partial charge in [-0.25, -0.2) is 0 Å². The molecule has 0 spiro atoms. The Kier molecular flexibility index (Phi) is 7.43. The first kappa shape index (κ1) is 24.4. The molecule has 0 unspecified atom stereocenters. The van der Waals surface area contributed by atoms with E-state index in [1.807, 2.05) is 0 Å². The molecule has 2 nitrogen and oxygen atoms in total. The van der Waals surface area contributed by atoms with Gasteiger partial charge in [0, 0.05) is 22.8 Å². The summed E-state index contributed by atoms with van der Waals surface area (Å²) in [4.78, 5) is 5.45. The van der Waals surface area contributed by atoms with Crippen molar-refractivity contribution < 1.29 is 0 Å². The molecule has 1 heterocycles. The van der Waals surface area contributed by atoms with Gasteiger partial charge in [0.2, 0.25) is 0 Å². The van der Waals surface area contributed by atoms with E-state index in [-0.39, 0.29) is 0 Å². The fraction of sp³-hybridized carbons (Fsp3) is 0.533. The van der Waals surface area contributed by atoms with Crippen molar-refractivity contribution in [3.8, 4) is 0 Å². The molecule has 1 aliphatic rings. The van der Waals surface area contributed by atoms with Crippen LogP contribution in [0.25, 0.3) is 0 Å². The minimum absolute atomic E-state index is 0.290. The zero-order valence-electron chi connectivity index (χ0n) is 22.2. The van der Waals surface area contributed by atoms with Gasteiger partial charge < -0.3 is 9.80 Å². The summed E-state index contributed by atoms with van der Waals surface area (Å²) in [5.41, 5.74) is 14.1. The van der Waals surface area contributed by atoms with Crippen LogP contribution in [0.3, 0.4) is 0 Å². The van der Waals surface area contributed by atoms with Crippen molar-refractivity contribution in [1.29, 1.82) is 0 Å². The fourth-order valence-electron chi connectivity index (χ4n) is 5.95. The number of nitrogens with zero attached hydrogens (tertiary/aromatic N) is 2. The largest absolute Gasteiger partial charge is 0.321 e. The SMILES string of the molecule is CCCC1=C(CCC)N(c2c(C)cc(C)cc2C)C(C(C)C)N1c1c(C)cc(C)cc1C. The number of aryl methyl sites for hydroxylation is 6. The minimum atomic E-state index is 0.290. The van der Waals surface area contributed by atoms with Gasteiger partial charge in [-0.3, -0.25) is 0 Å². The summed E-state index contributed by atoms with van der Waals surface area (Å²) in [6.07, 6.45) is 4.84. The molecule has 0 N–H and O–H groups in total. The average molecular weight is 433 g/mol. The standard InChI is InChI=1S/C30H44N2/c1-11-13-26-27(14-12-2)32(29-24(9)17-21(6)18-25(29)10)30(19(3)4)31(26)28-22(7)15-20(5)16-23(28)8/h15-19,30H,11-14H2,1-10H3. The first-order valence-corrected chi connectivity index (χ1v) is 12.6. The zero-order valence-corrected chi connectivity index (χ0v) is 22.2. The highest BCUT2D eigenvalue weighted by Gasteiger charge is 2.42. The molecule has 0 aromatic heterocycles. The second kappa shape index (κ2) is 9.73. The summed E-state index contributed by atoms with van der Waals surface area (Å²) in [6.45, 7) is 23.0. The smallest absolute Gasteiger partial charge is 0.113 e. The third-order valence-corrected chi connectivity index (χ3v) is 6.77. The van der Waals surface area contributed by atoms with E-state index in [0.29, 0.717) is 12.1 Å². The summed E-state index contributed by atoms with van der Waals surface area (Å²) in [6, 6.07) is 9.42. The van der Waals surface area contributed by atoms with E-state index in [4.69, 9.17) is 0 Å². The molecule has 0 amide bonds. The lowest BCUT2D eigenvalue weighted by Crippen LogP contribution is -2.45. The second-order valence-electron chi connectivity index (χ2n) is 10.3. The van der Waals surface area contributed by atoms with Crippen LogP contribution in [0, 0.1) is 47.5 Å². The average Bonchev–Trinajstić information content (AvgIpc) is 2.95. The molecule has 32 heavy (non-hydrogen) atoms. The highest BCUT2D eigenvalue weighted by atomic mass is 15.4. The van der Waals surface area contributed by atoms with Crippen LogP contribution in [-0.4, -0.2) is 6.17 Å². The Hall–Kier alpha value is -2.22. The van der Waals surface area contributed by atoms with Crippen LogP contribution in [0.1, 0.15) is 86.8 Å². The molecule has 0 saturated heterocycles. The molecule has 0 atom stereocenters. The Labute approximate surface area is 197 Å². The van der Waals surface area contributed by atoms with Crippen LogP contribution in [0.4, 0.5) is 11.4 Å². The van der Waals surface area contributed by atoms with E-state index < -0.39 is 0 Å². The maximum absolute atomic E-state index is 2.72. The van der Waals surface area contributed by atoms with Crippen LogP contribution >= 0.6 is 0 Å². The predicted molar refractivity (Wildman–Crippen MR) is 142 cm³/mol. The number of hydrogen-bond acceptors (Lipinski definition) is 2. The quantitative estimate of drug-likeness (QED) is 0.432. The molecule has 0 fully saturated rings. The van der Waals surface area contributed by atoms with Crippen molar-refractivity contribution in [2.45, 2.75) is 101 Å². The van der Waals surface area contributed by atoms with Crippen molar-refractivity contribution in [3.05, 3.63) is 69.0 Å². The van der Waals surface area contributed by atoms with Gasteiger partial charge in [-0.1, -0.05) is 75.9 Å². The highest BCUT2D eigenvalue weighted by molar-refractivity contribution is 5.74. The van der Waals surface area contributed by atoms with Crippen LogP contribution in [0.15, 0.2) is 35.7 Å². The van der Waals surface area contributed by atoms with Gasteiger partial charge in [0.15, 0.2) is 0 Å². The van der Waals surface area contributed by atoms with Crippen molar-refractivity contribution in [2.24, 2.45) is 5.92 Å². The summed E-state index contributed by atoms with van der Waals surface area (Å²) >= 11 is 0. The van der Waals surface area contributed by atoms with Crippen molar-refractivity contribution >= 4 is 11.4 Å². The zero-order chi connectivity index (χ0) is 23.7. The molecule has 174 valence electrons. The summed E-state index contributed by atoms with van der Waals surface area (Å²) in [7, 11) is 0. The first-order chi connectivity index (χ1) is 15.1. The lowest BCUT2D eigenvalue weighted by molar-refractivity contribution is 0.486. The van der Waals surface area contributed by atoms with E-state index >= 15 is 0 Å². The number of benzene rings is 2. The maximum atomic E-state index is 2.72. The maximum Gasteiger partial charge on any atom is 0.113 e. The van der Waals surface area contributed by atoms with Gasteiger partial charge in [-0.15, -0.1) is 0 Å². The molecule has 1 aliphatic heterocycles. The third kappa shape index (κ3) is 4.34. The van der Waals surface area contributed by atoms with E-state index in [2.05, 4.69) is 103 Å². The fourth-order valence-corrected chi connectivity index (χ4v) is 5.95. The summed E-state index contributed by atoms with van der Waals surface area (Å²) in [5.74, 6) is 0.483. The van der Waals surface area contributed by atoms with E-state index in [1.165, 1.54) is 56.1 Å². The van der Waals surface area contributed by atoms with Crippen molar-refractivity contribution in [3.63, 3.8) is 0 Å². The molecule has 2 heteroatoms. The van der Waals surface area contributed by atoms with Gasteiger partial charge >= 0.3 is 0 Å². The lowest BCUT2D eigenvalue weighted by atomic mass is 9.99. The number of rotatable bonds is 7. The van der Waals surface area contributed by atoms with Crippen LogP contribution in [-0.2, 0) is 0 Å². The molecule has 0 radical (unpaired) electrons. The Balaban J connectivity index is 2.36. The van der Waals surface area contributed by atoms with Gasteiger partial charge in [-0.2, -0.15) is 0 Å². The monoisotopic (exact) mass is 432 g/mol. The predicted octanol–water partition coefficient (Wildman–Crippen LogP) is 8.66. The summed E-state index contributed by atoms with van der Waals surface area (Å²) in [5, 5.41) is 0. The number of allylic oxidation sites excluding steroid dienone is 2. The highest BCUT2D eigenvalue weighted by Crippen LogP contribution is 2.47. The van der Waals surface area contributed by atoms with E-state index in [0.717, 1.165) is 25.7 Å².